The van der Waals surface area contributed by atoms with Crippen LogP contribution in [0.5, 0.6) is 0 Å². The number of rotatable bonds is 4. The van der Waals surface area contributed by atoms with Crippen molar-refractivity contribution in [3.8, 4) is 0 Å². The zero-order chi connectivity index (χ0) is 18.1. The standard InChI is InChI=1S/C17H13BrN6O2/c18-10-1-3-13-12(7-10)17(26)24(9-19-13)6-5-16(25)20-11-2-4-14-15(8-11)22-23-21-14/h1-4,7-9H,5-6H2,(H,20,25)(H,21,22,23). The Morgan fingerprint density at radius 3 is 2.81 bits per heavy atom. The summed E-state index contributed by atoms with van der Waals surface area (Å²) in [5.41, 5.74) is 2.48. The van der Waals surface area contributed by atoms with Gasteiger partial charge in [0, 0.05) is 23.1 Å². The van der Waals surface area contributed by atoms with Gasteiger partial charge >= 0.3 is 0 Å². The van der Waals surface area contributed by atoms with Crippen LogP contribution in [0.15, 0.2) is 52.0 Å². The molecule has 2 aromatic heterocycles. The van der Waals surface area contributed by atoms with E-state index in [0.717, 1.165) is 9.99 Å². The summed E-state index contributed by atoms with van der Waals surface area (Å²) in [4.78, 5) is 29.0. The second-order valence-corrected chi connectivity index (χ2v) is 6.65. The number of carbonyl (C=O) groups is 1. The number of fused-ring (bicyclic) bond motifs is 2. The number of nitrogens with one attached hydrogen (secondary N) is 2. The number of hydrogen-bond acceptors (Lipinski definition) is 5. The molecule has 0 aliphatic heterocycles. The summed E-state index contributed by atoms with van der Waals surface area (Å²) in [5.74, 6) is -0.200. The van der Waals surface area contributed by atoms with Crippen LogP contribution in [-0.4, -0.2) is 30.9 Å². The summed E-state index contributed by atoms with van der Waals surface area (Å²) < 4.78 is 2.25. The Morgan fingerprint density at radius 2 is 1.92 bits per heavy atom. The van der Waals surface area contributed by atoms with E-state index >= 15 is 0 Å². The van der Waals surface area contributed by atoms with E-state index in [1.54, 1.807) is 30.3 Å². The van der Waals surface area contributed by atoms with Gasteiger partial charge in [0.2, 0.25) is 5.91 Å². The number of anilines is 1. The molecule has 1 amide bonds. The van der Waals surface area contributed by atoms with E-state index in [2.05, 4.69) is 41.6 Å². The fourth-order valence-corrected chi connectivity index (χ4v) is 3.02. The molecule has 0 aliphatic rings. The van der Waals surface area contributed by atoms with Gasteiger partial charge in [-0.15, -0.1) is 0 Å². The predicted molar refractivity (Wildman–Crippen MR) is 101 cm³/mol. The minimum atomic E-state index is -0.200. The molecule has 0 saturated carbocycles. The second-order valence-electron chi connectivity index (χ2n) is 5.73. The Bertz CT molecular complexity index is 1180. The molecule has 4 aromatic rings. The lowest BCUT2D eigenvalue weighted by Gasteiger charge is -2.08. The summed E-state index contributed by atoms with van der Waals surface area (Å²) in [5, 5.41) is 13.8. The maximum absolute atomic E-state index is 12.5. The van der Waals surface area contributed by atoms with Crippen molar-refractivity contribution in [3.63, 3.8) is 0 Å². The first-order chi connectivity index (χ1) is 12.6. The first-order valence-electron chi connectivity index (χ1n) is 7.85. The number of aryl methyl sites for hydroxylation is 1. The van der Waals surface area contributed by atoms with Crippen LogP contribution in [0.25, 0.3) is 21.9 Å². The molecule has 2 aromatic carbocycles. The van der Waals surface area contributed by atoms with Crippen LogP contribution in [0.1, 0.15) is 6.42 Å². The lowest BCUT2D eigenvalue weighted by atomic mass is 10.2. The van der Waals surface area contributed by atoms with E-state index in [0.29, 0.717) is 22.1 Å². The van der Waals surface area contributed by atoms with Gasteiger partial charge in [0.25, 0.3) is 5.56 Å². The number of halogens is 1. The first-order valence-corrected chi connectivity index (χ1v) is 8.64. The number of nitrogens with zero attached hydrogens (tertiary/aromatic N) is 4. The zero-order valence-corrected chi connectivity index (χ0v) is 15.0. The van der Waals surface area contributed by atoms with Gasteiger partial charge in [0.15, 0.2) is 0 Å². The van der Waals surface area contributed by atoms with Crippen LogP contribution in [0.2, 0.25) is 0 Å². The molecule has 0 radical (unpaired) electrons. The predicted octanol–water partition coefficient (Wildman–Crippen LogP) is 2.46. The molecule has 2 N–H and O–H groups in total. The molecular weight excluding hydrogens is 400 g/mol. The topological polar surface area (TPSA) is 106 Å². The van der Waals surface area contributed by atoms with E-state index in [4.69, 9.17) is 0 Å². The SMILES string of the molecule is O=C(CCn1cnc2ccc(Br)cc2c1=O)Nc1ccc2n[nH]nc2c1. The first kappa shape index (κ1) is 16.4. The molecule has 8 nitrogen and oxygen atoms in total. The van der Waals surface area contributed by atoms with Crippen LogP contribution in [0.3, 0.4) is 0 Å². The lowest BCUT2D eigenvalue weighted by molar-refractivity contribution is -0.116. The molecule has 4 rings (SSSR count). The van der Waals surface area contributed by atoms with Gasteiger partial charge in [-0.05, 0) is 36.4 Å². The van der Waals surface area contributed by atoms with Crippen molar-refractivity contribution in [1.82, 2.24) is 25.0 Å². The highest BCUT2D eigenvalue weighted by atomic mass is 79.9. The van der Waals surface area contributed by atoms with Crippen molar-refractivity contribution in [1.29, 1.82) is 0 Å². The van der Waals surface area contributed by atoms with Gasteiger partial charge in [-0.25, -0.2) is 4.98 Å². The lowest BCUT2D eigenvalue weighted by Crippen LogP contribution is -2.23. The van der Waals surface area contributed by atoms with Gasteiger partial charge in [-0.1, -0.05) is 15.9 Å². The molecule has 0 saturated heterocycles. The summed E-state index contributed by atoms with van der Waals surface area (Å²) in [6, 6.07) is 10.6. The molecule has 9 heteroatoms. The maximum atomic E-state index is 12.5. The minimum absolute atomic E-state index is 0.151. The number of carbonyl (C=O) groups excluding carboxylic acids is 1. The number of aromatic nitrogens is 5. The molecule has 0 fully saturated rings. The monoisotopic (exact) mass is 412 g/mol. The minimum Gasteiger partial charge on any atom is -0.326 e. The van der Waals surface area contributed by atoms with Crippen LogP contribution in [-0.2, 0) is 11.3 Å². The second kappa shape index (κ2) is 6.68. The van der Waals surface area contributed by atoms with Crippen LogP contribution in [0.4, 0.5) is 5.69 Å². The fraction of sp³-hybridized carbons (Fsp3) is 0.118. The van der Waals surface area contributed by atoms with Crippen LogP contribution < -0.4 is 10.9 Å². The fourth-order valence-electron chi connectivity index (χ4n) is 2.65. The average Bonchev–Trinajstić information content (AvgIpc) is 3.09. The maximum Gasteiger partial charge on any atom is 0.261 e. The molecule has 0 bridgehead atoms. The van der Waals surface area contributed by atoms with Crippen molar-refractivity contribution < 1.29 is 4.79 Å². The van der Waals surface area contributed by atoms with E-state index in [1.165, 1.54) is 10.9 Å². The summed E-state index contributed by atoms with van der Waals surface area (Å²) in [6.07, 6.45) is 1.62. The van der Waals surface area contributed by atoms with Gasteiger partial charge in [-0.3, -0.25) is 14.2 Å². The average molecular weight is 413 g/mol. The summed E-state index contributed by atoms with van der Waals surface area (Å²) in [6.45, 7) is 0.242. The third-order valence-corrected chi connectivity index (χ3v) is 4.46. The van der Waals surface area contributed by atoms with E-state index in [1.807, 2.05) is 6.07 Å². The molecule has 0 atom stereocenters. The number of amides is 1. The normalized spacial score (nSPS) is 11.1. The molecule has 2 heterocycles. The van der Waals surface area contributed by atoms with Crippen molar-refractivity contribution in [3.05, 3.63) is 57.6 Å². The molecular formula is C17H13BrN6O2. The largest absolute Gasteiger partial charge is 0.326 e. The third-order valence-electron chi connectivity index (χ3n) is 3.97. The highest BCUT2D eigenvalue weighted by Crippen LogP contribution is 2.16. The number of hydrogen-bond donors (Lipinski definition) is 2. The van der Waals surface area contributed by atoms with Gasteiger partial charge in [0.05, 0.1) is 17.2 Å². The van der Waals surface area contributed by atoms with E-state index < -0.39 is 0 Å². The van der Waals surface area contributed by atoms with Gasteiger partial charge < -0.3 is 5.32 Å². The molecule has 0 aliphatic carbocycles. The van der Waals surface area contributed by atoms with Crippen molar-refractivity contribution in [2.75, 3.05) is 5.32 Å². The Hall–Kier alpha value is -3.07. The molecule has 130 valence electrons. The number of benzene rings is 2. The third kappa shape index (κ3) is 3.21. The molecule has 0 spiro atoms. The Morgan fingerprint density at radius 1 is 1.12 bits per heavy atom. The Kier molecular flexibility index (Phi) is 4.21. The van der Waals surface area contributed by atoms with Gasteiger partial charge in [-0.2, -0.15) is 15.4 Å². The molecule has 26 heavy (non-hydrogen) atoms. The number of H-pyrrole nitrogens is 1. The Balaban J connectivity index is 1.48. The van der Waals surface area contributed by atoms with Gasteiger partial charge in [0.1, 0.15) is 11.0 Å². The Labute approximate surface area is 155 Å². The highest BCUT2D eigenvalue weighted by molar-refractivity contribution is 9.10. The summed E-state index contributed by atoms with van der Waals surface area (Å²) >= 11 is 3.35. The van der Waals surface area contributed by atoms with Crippen molar-refractivity contribution >= 4 is 49.5 Å². The zero-order valence-electron chi connectivity index (χ0n) is 13.4. The van der Waals surface area contributed by atoms with Crippen molar-refractivity contribution in [2.24, 2.45) is 0 Å². The number of aromatic amines is 1. The van der Waals surface area contributed by atoms with Crippen molar-refractivity contribution in [2.45, 2.75) is 13.0 Å². The quantitative estimate of drug-likeness (QED) is 0.535. The smallest absolute Gasteiger partial charge is 0.261 e. The van der Waals surface area contributed by atoms with E-state index in [-0.39, 0.29) is 24.4 Å². The highest BCUT2D eigenvalue weighted by Gasteiger charge is 2.08. The van der Waals surface area contributed by atoms with E-state index in [9.17, 15) is 9.59 Å². The molecule has 0 unspecified atom stereocenters. The summed E-state index contributed by atoms with van der Waals surface area (Å²) in [7, 11) is 0. The van der Waals surface area contributed by atoms with Crippen LogP contribution in [0, 0.1) is 0 Å². The van der Waals surface area contributed by atoms with Crippen LogP contribution >= 0.6 is 15.9 Å².